The molecule has 0 heterocycles. The molecule has 9 nitrogen and oxygen atoms in total. The van der Waals surface area contributed by atoms with Gasteiger partial charge in [-0.1, -0.05) is 269 Å². The van der Waals surface area contributed by atoms with Crippen LogP contribution < -0.4 is 0 Å². The average molecular weight is 1020 g/mol. The van der Waals surface area contributed by atoms with Crippen molar-refractivity contribution >= 4 is 17.9 Å². The highest BCUT2D eigenvalue weighted by molar-refractivity contribution is 5.71. The molecule has 72 heavy (non-hydrogen) atoms. The molecule has 9 heteroatoms. The van der Waals surface area contributed by atoms with Gasteiger partial charge in [0.25, 0.3) is 6.29 Å². The molecule has 0 aromatic heterocycles. The maximum atomic E-state index is 12.9. The minimum atomic E-state index is -1.51. The van der Waals surface area contributed by atoms with E-state index >= 15 is 0 Å². The average Bonchev–Trinajstić information content (AvgIpc) is 3.35. The number of unbranched alkanes of at least 4 members (excludes halogenated alkanes) is 39. The van der Waals surface area contributed by atoms with Crippen LogP contribution in [0.15, 0.2) is 24.3 Å². The Bertz CT molecular complexity index is 1230. The van der Waals surface area contributed by atoms with Gasteiger partial charge >= 0.3 is 17.9 Å². The number of esters is 2. The van der Waals surface area contributed by atoms with Crippen molar-refractivity contribution in [2.24, 2.45) is 0 Å². The van der Waals surface area contributed by atoms with Crippen molar-refractivity contribution < 1.29 is 42.9 Å². The number of carbonyl (C=O) groups excluding carboxylic acids is 2. The Morgan fingerprint density at radius 2 is 0.750 bits per heavy atom. The van der Waals surface area contributed by atoms with Crippen molar-refractivity contribution in [3.05, 3.63) is 24.3 Å². The summed E-state index contributed by atoms with van der Waals surface area (Å²) in [6.45, 7) is 4.90. The molecule has 0 radical (unpaired) electrons. The highest BCUT2D eigenvalue weighted by atomic mass is 16.7. The van der Waals surface area contributed by atoms with Gasteiger partial charge in [0.1, 0.15) is 13.2 Å². The Kier molecular flexibility index (Phi) is 53.3. The van der Waals surface area contributed by atoms with Crippen molar-refractivity contribution in [2.45, 2.75) is 315 Å². The van der Waals surface area contributed by atoms with Gasteiger partial charge in [0.15, 0.2) is 6.10 Å². The second-order valence-electron chi connectivity index (χ2n) is 22.4. The summed E-state index contributed by atoms with van der Waals surface area (Å²) in [7, 11) is 5.98. The first-order valence-electron chi connectivity index (χ1n) is 31.0. The minimum Gasteiger partial charge on any atom is -0.477 e. The normalized spacial score (nSPS) is 12.8. The molecule has 0 aliphatic heterocycles. The maximum Gasteiger partial charge on any atom is 0.361 e. The molecule has 0 amide bonds. The zero-order valence-electron chi connectivity index (χ0n) is 48.4. The SMILES string of the molecule is CCCCCC/C=C\C/C=C\CCCCCCCCCC(=O)OC(COC(=O)CCCCCCCCCCCCCCCCCCCCCCCCCCCCCCC)COC(OCC[N+](C)(C)C)C(=O)O. The van der Waals surface area contributed by atoms with Gasteiger partial charge in [-0.05, 0) is 44.9 Å². The summed E-state index contributed by atoms with van der Waals surface area (Å²) in [6, 6.07) is 0. The standard InChI is InChI=1S/C63H119NO8/c1-6-8-10-12-14-16-18-20-22-24-26-27-28-29-30-31-32-33-34-35-36-38-39-41-43-45-47-49-51-53-60(65)70-57-59(58-71-63(62(67)68)69-56-55-64(3,4)5)72-61(66)54-52-50-48-46-44-42-40-37-25-23-21-19-17-15-13-11-9-7-2/h17,19,23,25,59,63H,6-16,18,20-22,24,26-58H2,1-5H3/p+1/b19-17-,25-23-. The van der Waals surface area contributed by atoms with E-state index in [1.165, 1.54) is 218 Å². The Morgan fingerprint density at radius 3 is 1.11 bits per heavy atom. The van der Waals surface area contributed by atoms with Gasteiger partial charge in [0, 0.05) is 12.8 Å². The number of carboxylic acid groups (broad SMARTS) is 1. The summed E-state index contributed by atoms with van der Waals surface area (Å²) in [5.74, 6) is -1.99. The van der Waals surface area contributed by atoms with Crippen LogP contribution in [0.2, 0.25) is 0 Å². The van der Waals surface area contributed by atoms with Crippen LogP contribution in [0.1, 0.15) is 303 Å². The lowest BCUT2D eigenvalue weighted by atomic mass is 10.0. The van der Waals surface area contributed by atoms with E-state index in [1.54, 1.807) is 0 Å². The first-order chi connectivity index (χ1) is 35.1. The molecule has 1 N–H and O–H groups in total. The molecule has 0 rings (SSSR count). The predicted molar refractivity (Wildman–Crippen MR) is 304 cm³/mol. The van der Waals surface area contributed by atoms with Gasteiger partial charge in [0.05, 0.1) is 34.4 Å². The first kappa shape index (κ1) is 69.8. The number of likely N-dealkylation sites (N-methyl/N-ethyl adjacent to an activating group) is 1. The smallest absolute Gasteiger partial charge is 0.361 e. The van der Waals surface area contributed by atoms with Crippen LogP contribution in [0.4, 0.5) is 0 Å². The topological polar surface area (TPSA) is 108 Å². The Morgan fingerprint density at radius 1 is 0.417 bits per heavy atom. The molecule has 0 bridgehead atoms. The molecule has 0 spiro atoms. The van der Waals surface area contributed by atoms with E-state index in [0.717, 1.165) is 51.4 Å². The molecule has 0 aromatic rings. The quantitative estimate of drug-likeness (QED) is 0.0211. The number of carboxylic acids is 1. The molecular formula is C63H120NO8+. The van der Waals surface area contributed by atoms with Crippen molar-refractivity contribution in [2.75, 3.05) is 47.5 Å². The highest BCUT2D eigenvalue weighted by Gasteiger charge is 2.25. The fourth-order valence-electron chi connectivity index (χ4n) is 9.16. The molecule has 0 aliphatic rings. The monoisotopic (exact) mass is 1020 g/mol. The van der Waals surface area contributed by atoms with E-state index in [2.05, 4.69) is 38.2 Å². The van der Waals surface area contributed by atoms with Gasteiger partial charge in [-0.25, -0.2) is 4.79 Å². The fourth-order valence-corrected chi connectivity index (χ4v) is 9.16. The third kappa shape index (κ3) is 55.5. The third-order valence-electron chi connectivity index (χ3n) is 14.0. The molecule has 0 aliphatic carbocycles. The van der Waals surface area contributed by atoms with E-state index < -0.39 is 24.3 Å². The third-order valence-corrected chi connectivity index (χ3v) is 14.0. The molecule has 2 atom stereocenters. The van der Waals surface area contributed by atoms with Crippen LogP contribution in [-0.2, 0) is 33.3 Å². The van der Waals surface area contributed by atoms with Crippen LogP contribution in [0, 0.1) is 0 Å². The van der Waals surface area contributed by atoms with E-state index in [0.29, 0.717) is 23.9 Å². The van der Waals surface area contributed by atoms with E-state index in [9.17, 15) is 19.5 Å². The fraction of sp³-hybridized carbons (Fsp3) is 0.889. The summed E-state index contributed by atoms with van der Waals surface area (Å²) in [6.07, 6.45) is 62.7. The van der Waals surface area contributed by atoms with E-state index in [-0.39, 0.29) is 32.2 Å². The zero-order valence-corrected chi connectivity index (χ0v) is 48.4. The molecule has 424 valence electrons. The number of nitrogens with zero attached hydrogens (tertiary/aromatic N) is 1. The summed E-state index contributed by atoms with van der Waals surface area (Å²) in [5, 5.41) is 9.71. The summed E-state index contributed by atoms with van der Waals surface area (Å²) in [4.78, 5) is 37.4. The number of quaternary nitrogens is 1. The van der Waals surface area contributed by atoms with Crippen molar-refractivity contribution in [1.29, 1.82) is 0 Å². The maximum absolute atomic E-state index is 12.9. The molecule has 0 aromatic carbocycles. The van der Waals surface area contributed by atoms with Crippen molar-refractivity contribution in [3.8, 4) is 0 Å². The second-order valence-corrected chi connectivity index (χ2v) is 22.4. The Labute approximate surface area is 446 Å². The Balaban J connectivity index is 4.11. The van der Waals surface area contributed by atoms with Crippen LogP contribution in [0.3, 0.4) is 0 Å². The van der Waals surface area contributed by atoms with Gasteiger partial charge in [0.2, 0.25) is 0 Å². The van der Waals surface area contributed by atoms with Crippen LogP contribution in [0.25, 0.3) is 0 Å². The van der Waals surface area contributed by atoms with Gasteiger partial charge in [-0.3, -0.25) is 9.59 Å². The van der Waals surface area contributed by atoms with Crippen molar-refractivity contribution in [3.63, 3.8) is 0 Å². The lowest BCUT2D eigenvalue weighted by molar-refractivity contribution is -0.870. The van der Waals surface area contributed by atoms with Gasteiger partial charge in [-0.2, -0.15) is 0 Å². The van der Waals surface area contributed by atoms with Gasteiger partial charge < -0.3 is 28.5 Å². The molecule has 0 fully saturated rings. The molecule has 0 saturated heterocycles. The molecule has 2 unspecified atom stereocenters. The highest BCUT2D eigenvalue weighted by Crippen LogP contribution is 2.18. The van der Waals surface area contributed by atoms with Crippen LogP contribution in [-0.4, -0.2) is 87.4 Å². The first-order valence-corrected chi connectivity index (χ1v) is 31.0. The van der Waals surface area contributed by atoms with Crippen LogP contribution in [0.5, 0.6) is 0 Å². The summed E-state index contributed by atoms with van der Waals surface area (Å²) < 4.78 is 22.9. The second kappa shape index (κ2) is 55.0. The van der Waals surface area contributed by atoms with Gasteiger partial charge in [-0.15, -0.1) is 0 Å². The predicted octanol–water partition coefficient (Wildman–Crippen LogP) is 18.3. The molecular weight excluding hydrogens is 899 g/mol. The number of carbonyl (C=O) groups is 3. The summed E-state index contributed by atoms with van der Waals surface area (Å²) in [5.41, 5.74) is 0. The largest absolute Gasteiger partial charge is 0.477 e. The van der Waals surface area contributed by atoms with E-state index in [1.807, 2.05) is 21.1 Å². The summed E-state index contributed by atoms with van der Waals surface area (Å²) >= 11 is 0. The van der Waals surface area contributed by atoms with E-state index in [4.69, 9.17) is 18.9 Å². The lowest BCUT2D eigenvalue weighted by Gasteiger charge is -2.25. The van der Waals surface area contributed by atoms with Crippen LogP contribution >= 0.6 is 0 Å². The number of ether oxygens (including phenoxy) is 4. The van der Waals surface area contributed by atoms with Crippen molar-refractivity contribution in [1.82, 2.24) is 0 Å². The lowest BCUT2D eigenvalue weighted by Crippen LogP contribution is -2.40. The Hall–Kier alpha value is -2.23. The number of hydrogen-bond donors (Lipinski definition) is 1. The number of rotatable bonds is 58. The zero-order chi connectivity index (χ0) is 52.7. The number of allylic oxidation sites excluding steroid dienone is 4. The molecule has 0 saturated carbocycles. The number of hydrogen-bond acceptors (Lipinski definition) is 7. The number of aliphatic carboxylic acids is 1. The minimum absolute atomic E-state index is 0.180.